The van der Waals surface area contributed by atoms with E-state index in [0.29, 0.717) is 6.42 Å². The molecule has 0 saturated carbocycles. The fourth-order valence-electron chi connectivity index (χ4n) is 9.77. The normalized spacial score (nSPS) is 12.3. The molecule has 0 N–H and O–H groups in total. The average molecular weight is 845 g/mol. The molecule has 12 aromatic carbocycles. The Kier molecular flexibility index (Phi) is 9.02. The zero-order valence-electron chi connectivity index (χ0n) is 34.5. The third kappa shape index (κ3) is 6.85. The summed E-state index contributed by atoms with van der Waals surface area (Å²) >= 11 is 0. The molecule has 0 aromatic heterocycles. The summed E-state index contributed by atoms with van der Waals surface area (Å²) in [7, 11) is -2.75. The number of benzene rings is 12. The van der Waals surface area contributed by atoms with Crippen LogP contribution in [0.15, 0.2) is 182 Å². The second kappa shape index (κ2) is 15.2. The van der Waals surface area contributed by atoms with Gasteiger partial charge in [0.1, 0.15) is 0 Å². The first-order chi connectivity index (χ1) is 31.0. The molecule has 0 aliphatic rings. The molecular weight excluding hydrogens is 805 g/mol. The van der Waals surface area contributed by atoms with Crippen molar-refractivity contribution in [1.82, 2.24) is 0 Å². The predicted molar refractivity (Wildman–Crippen MR) is 270 cm³/mol. The van der Waals surface area contributed by atoms with Crippen LogP contribution in [0.25, 0.3) is 108 Å². The van der Waals surface area contributed by atoms with E-state index in [4.69, 9.17) is 8.85 Å². The van der Waals surface area contributed by atoms with Crippen molar-refractivity contribution in [3.05, 3.63) is 182 Å². The Morgan fingerprint density at radius 2 is 0.603 bits per heavy atom. The molecule has 12 aromatic rings. The molecule has 0 saturated heterocycles. The van der Waals surface area contributed by atoms with Crippen LogP contribution in [0, 0.1) is 0 Å². The van der Waals surface area contributed by atoms with E-state index in [1.54, 1.807) is 0 Å². The molecule has 0 fully saturated rings. The molecule has 63 heavy (non-hydrogen) atoms. The highest BCUT2D eigenvalue weighted by Gasteiger charge is 2.14. The largest absolute Gasteiger partial charge is 0.520 e. The van der Waals surface area contributed by atoms with E-state index in [0.717, 1.165) is 31.9 Å². The SMILES string of the molecule is O=C(CCCC(=O)O[SiH2]c1cccc2cc3ccc4cc5cc6ccccc6cc5cc4c3cc12)O[SiH2]c1cccc2cc3ccc4cc5cc6ccccc6cc5cc4c3cc12. The second-order valence-electron chi connectivity index (χ2n) is 17.0. The summed E-state index contributed by atoms with van der Waals surface area (Å²) in [5, 5.41) is 26.1. The molecular formula is C57H40O4Si2. The standard InChI is InChI=1S/C57H40O4Si2/c58-56(60-62-54-14-5-12-38-26-40-18-20-42-28-44-22-34-8-1-3-10-36(34)24-46(44)30-48(42)50(40)32-52(38)54)16-7-17-57(59)61-63-55-15-6-13-39-27-41-19-21-43-29-45-23-35-9-2-4-11-37(35)25-47(45)31-49(43)51(41)33-53(39)55/h1-6,8-15,18-33H,7,16-17,62-63H2. The van der Waals surface area contributed by atoms with Crippen LogP contribution in [0.2, 0.25) is 0 Å². The number of rotatable bonds is 8. The van der Waals surface area contributed by atoms with Gasteiger partial charge in [-0.3, -0.25) is 9.59 Å². The van der Waals surface area contributed by atoms with Crippen LogP contribution in [0.4, 0.5) is 0 Å². The summed E-state index contributed by atoms with van der Waals surface area (Å²) in [5.74, 6) is -0.523. The number of hydrogen-bond acceptors (Lipinski definition) is 4. The number of carbonyl (C=O) groups is 2. The van der Waals surface area contributed by atoms with Crippen LogP contribution in [0.1, 0.15) is 19.3 Å². The molecule has 0 amide bonds. The monoisotopic (exact) mass is 844 g/mol. The molecule has 4 nitrogen and oxygen atoms in total. The van der Waals surface area contributed by atoms with Gasteiger partial charge in [-0.2, -0.15) is 0 Å². The number of fused-ring (bicyclic) bond motifs is 12. The van der Waals surface area contributed by atoms with E-state index >= 15 is 0 Å². The molecule has 6 heteroatoms. The Labute approximate surface area is 367 Å². The lowest BCUT2D eigenvalue weighted by atomic mass is 9.95. The Morgan fingerprint density at radius 3 is 1.00 bits per heavy atom. The Hall–Kier alpha value is -7.39. The molecule has 12 rings (SSSR count). The van der Waals surface area contributed by atoms with Gasteiger partial charge in [0, 0.05) is 12.8 Å². The lowest BCUT2D eigenvalue weighted by Crippen LogP contribution is -2.23. The Balaban J connectivity index is 0.724. The first-order valence-corrected chi connectivity index (χ1v) is 24.3. The van der Waals surface area contributed by atoms with Crippen molar-refractivity contribution in [2.75, 3.05) is 0 Å². The fraction of sp³-hybridized carbons (Fsp3) is 0.0526. The highest BCUT2D eigenvalue weighted by atomic mass is 28.2. The molecule has 0 spiro atoms. The van der Waals surface area contributed by atoms with Gasteiger partial charge in [0.15, 0.2) is 0 Å². The van der Waals surface area contributed by atoms with E-state index in [1.807, 2.05) is 12.1 Å². The maximum atomic E-state index is 13.1. The van der Waals surface area contributed by atoms with E-state index in [1.165, 1.54) is 86.2 Å². The first-order valence-electron chi connectivity index (χ1n) is 21.7. The van der Waals surface area contributed by atoms with Crippen molar-refractivity contribution in [2.45, 2.75) is 19.3 Å². The lowest BCUT2D eigenvalue weighted by molar-refractivity contribution is -0.135. The highest BCUT2D eigenvalue weighted by Crippen LogP contribution is 2.35. The highest BCUT2D eigenvalue weighted by molar-refractivity contribution is 6.54. The topological polar surface area (TPSA) is 52.6 Å². The van der Waals surface area contributed by atoms with Crippen LogP contribution in [-0.2, 0) is 18.4 Å². The average Bonchev–Trinajstić information content (AvgIpc) is 3.31. The first kappa shape index (κ1) is 37.4. The van der Waals surface area contributed by atoms with Crippen LogP contribution in [0.3, 0.4) is 0 Å². The number of carbonyl (C=O) groups excluding carboxylic acids is 2. The molecule has 0 aliphatic heterocycles. The van der Waals surface area contributed by atoms with E-state index < -0.39 is 19.5 Å². The van der Waals surface area contributed by atoms with Crippen LogP contribution in [0.5, 0.6) is 0 Å². The Bertz CT molecular complexity index is 3640. The van der Waals surface area contributed by atoms with E-state index in [-0.39, 0.29) is 24.8 Å². The van der Waals surface area contributed by atoms with Gasteiger partial charge < -0.3 is 8.85 Å². The molecule has 0 bridgehead atoms. The number of hydrogen-bond donors (Lipinski definition) is 0. The summed E-state index contributed by atoms with van der Waals surface area (Å²) in [6.45, 7) is 0. The zero-order valence-corrected chi connectivity index (χ0v) is 37.3. The van der Waals surface area contributed by atoms with Gasteiger partial charge in [0.2, 0.25) is 0 Å². The van der Waals surface area contributed by atoms with Crippen LogP contribution < -0.4 is 10.4 Å². The smallest absolute Gasteiger partial charge is 0.292 e. The maximum absolute atomic E-state index is 13.1. The minimum atomic E-state index is -1.37. The van der Waals surface area contributed by atoms with Gasteiger partial charge >= 0.3 is 0 Å². The van der Waals surface area contributed by atoms with Crippen molar-refractivity contribution in [3.63, 3.8) is 0 Å². The summed E-state index contributed by atoms with van der Waals surface area (Å²) < 4.78 is 11.9. The molecule has 0 unspecified atom stereocenters. The minimum Gasteiger partial charge on any atom is -0.520 e. The van der Waals surface area contributed by atoms with Crippen molar-refractivity contribution in [1.29, 1.82) is 0 Å². The quantitative estimate of drug-likeness (QED) is 0.0868. The molecule has 0 heterocycles. The maximum Gasteiger partial charge on any atom is 0.292 e. The third-order valence-electron chi connectivity index (χ3n) is 13.0. The molecule has 300 valence electrons. The van der Waals surface area contributed by atoms with Crippen molar-refractivity contribution < 1.29 is 18.4 Å². The van der Waals surface area contributed by atoms with Crippen molar-refractivity contribution in [3.8, 4) is 0 Å². The van der Waals surface area contributed by atoms with Gasteiger partial charge in [-0.1, -0.05) is 109 Å². The predicted octanol–water partition coefficient (Wildman–Crippen LogP) is 11.6. The van der Waals surface area contributed by atoms with Crippen molar-refractivity contribution in [2.24, 2.45) is 0 Å². The second-order valence-corrected chi connectivity index (χ2v) is 19.6. The van der Waals surface area contributed by atoms with Gasteiger partial charge in [-0.15, -0.1) is 0 Å². The summed E-state index contributed by atoms with van der Waals surface area (Å²) in [6.07, 6.45) is 0.758. The fourth-order valence-corrected chi connectivity index (χ4v) is 12.1. The van der Waals surface area contributed by atoms with Crippen LogP contribution in [-0.4, -0.2) is 31.5 Å². The zero-order chi connectivity index (χ0) is 42.0. The summed E-state index contributed by atoms with van der Waals surface area (Å²) in [6, 6.07) is 65.7. The summed E-state index contributed by atoms with van der Waals surface area (Å²) in [5.41, 5.74) is 0. The lowest BCUT2D eigenvalue weighted by Gasteiger charge is -2.12. The minimum absolute atomic E-state index is 0.182. The van der Waals surface area contributed by atoms with E-state index in [9.17, 15) is 9.59 Å². The molecule has 0 aliphatic carbocycles. The molecule has 0 atom stereocenters. The van der Waals surface area contributed by atoms with Gasteiger partial charge in [-0.25, -0.2) is 0 Å². The van der Waals surface area contributed by atoms with Gasteiger partial charge in [-0.05, 0) is 197 Å². The Morgan fingerprint density at radius 1 is 0.302 bits per heavy atom. The molecule has 0 radical (unpaired) electrons. The van der Waals surface area contributed by atoms with Gasteiger partial charge in [0.05, 0.1) is 0 Å². The van der Waals surface area contributed by atoms with Crippen LogP contribution >= 0.6 is 0 Å². The van der Waals surface area contributed by atoms with E-state index in [2.05, 4.69) is 170 Å². The third-order valence-corrected chi connectivity index (χ3v) is 15.8. The van der Waals surface area contributed by atoms with Gasteiger partial charge in [0.25, 0.3) is 31.5 Å². The summed E-state index contributed by atoms with van der Waals surface area (Å²) in [4.78, 5) is 26.1. The van der Waals surface area contributed by atoms with Crippen molar-refractivity contribution >= 4 is 150 Å².